The number of rotatable bonds is 0. The summed E-state index contributed by atoms with van der Waals surface area (Å²) in [5.74, 6) is -0.495. The van der Waals surface area contributed by atoms with E-state index in [1.165, 1.54) is 0 Å². The zero-order valence-electron chi connectivity index (χ0n) is 8.72. The standard InChI is InChI=1S/C13H12F2/c1-6-3-4-8-9(5-6)11-10(13(11)15)7(2)12(8)14/h3-5,10-11,13H,1-2H3/t10?,11-,13?/m0/s1. The number of hydrogen-bond donors (Lipinski definition) is 0. The van der Waals surface area contributed by atoms with Crippen LogP contribution in [0.1, 0.15) is 29.5 Å². The number of alkyl halides is 1. The van der Waals surface area contributed by atoms with E-state index in [0.717, 1.165) is 11.1 Å². The maximum Gasteiger partial charge on any atom is 0.130 e. The number of allylic oxidation sites excluding steroid dienone is 1. The van der Waals surface area contributed by atoms with Gasteiger partial charge in [0, 0.05) is 17.4 Å². The Morgan fingerprint density at radius 2 is 1.87 bits per heavy atom. The van der Waals surface area contributed by atoms with Gasteiger partial charge in [0.25, 0.3) is 0 Å². The molecule has 0 saturated heterocycles. The number of fused-ring (bicyclic) bond motifs is 3. The summed E-state index contributed by atoms with van der Waals surface area (Å²) in [5.41, 5.74) is 3.11. The molecule has 1 fully saturated rings. The predicted molar refractivity (Wildman–Crippen MR) is 56.0 cm³/mol. The van der Waals surface area contributed by atoms with E-state index >= 15 is 0 Å². The molecule has 1 saturated carbocycles. The molecule has 0 heterocycles. The summed E-state index contributed by atoms with van der Waals surface area (Å²) < 4.78 is 27.4. The van der Waals surface area contributed by atoms with E-state index in [2.05, 4.69) is 0 Å². The van der Waals surface area contributed by atoms with E-state index in [0.29, 0.717) is 11.1 Å². The van der Waals surface area contributed by atoms with Crippen LogP contribution < -0.4 is 0 Å². The van der Waals surface area contributed by atoms with Crippen molar-refractivity contribution >= 4 is 5.83 Å². The van der Waals surface area contributed by atoms with Gasteiger partial charge in [-0.2, -0.15) is 0 Å². The first-order valence-corrected chi connectivity index (χ1v) is 5.22. The second kappa shape index (κ2) is 2.69. The Hall–Kier alpha value is -1.18. The fourth-order valence-corrected chi connectivity index (χ4v) is 2.66. The van der Waals surface area contributed by atoms with Crippen molar-refractivity contribution in [3.8, 4) is 0 Å². The highest BCUT2D eigenvalue weighted by Crippen LogP contribution is 2.60. The molecule has 0 nitrogen and oxygen atoms in total. The molecule has 0 bridgehead atoms. The molecule has 0 radical (unpaired) electrons. The van der Waals surface area contributed by atoms with Crippen LogP contribution in [0, 0.1) is 12.8 Å². The van der Waals surface area contributed by atoms with E-state index in [9.17, 15) is 8.78 Å². The quantitative estimate of drug-likeness (QED) is 0.606. The Bertz CT molecular complexity index is 473. The van der Waals surface area contributed by atoms with E-state index in [-0.39, 0.29) is 17.7 Å². The molecule has 3 rings (SSSR count). The lowest BCUT2D eigenvalue weighted by molar-refractivity contribution is 0.452. The van der Waals surface area contributed by atoms with Crippen molar-refractivity contribution in [1.29, 1.82) is 0 Å². The van der Waals surface area contributed by atoms with Gasteiger partial charge in [0.15, 0.2) is 0 Å². The first-order valence-electron chi connectivity index (χ1n) is 5.22. The normalized spacial score (nSPS) is 32.4. The highest BCUT2D eigenvalue weighted by atomic mass is 19.1. The Balaban J connectivity index is 2.25. The number of benzene rings is 1. The molecule has 0 aromatic heterocycles. The van der Waals surface area contributed by atoms with Crippen LogP contribution in [0.15, 0.2) is 23.8 Å². The Morgan fingerprint density at radius 3 is 2.60 bits per heavy atom. The average molecular weight is 206 g/mol. The van der Waals surface area contributed by atoms with Crippen molar-refractivity contribution in [2.75, 3.05) is 0 Å². The fourth-order valence-electron chi connectivity index (χ4n) is 2.66. The molecule has 0 N–H and O–H groups in total. The van der Waals surface area contributed by atoms with Crippen molar-refractivity contribution in [3.63, 3.8) is 0 Å². The van der Waals surface area contributed by atoms with E-state index in [4.69, 9.17) is 0 Å². The summed E-state index contributed by atoms with van der Waals surface area (Å²) in [6, 6.07) is 5.56. The van der Waals surface area contributed by atoms with Crippen molar-refractivity contribution < 1.29 is 8.78 Å². The molecule has 0 aliphatic heterocycles. The first kappa shape index (κ1) is 9.08. The molecule has 2 heteroatoms. The monoisotopic (exact) mass is 206 g/mol. The fraction of sp³-hybridized carbons (Fsp3) is 0.385. The molecule has 78 valence electrons. The van der Waals surface area contributed by atoms with Crippen molar-refractivity contribution in [1.82, 2.24) is 0 Å². The van der Waals surface area contributed by atoms with E-state index in [1.807, 2.05) is 19.1 Å². The lowest BCUT2D eigenvalue weighted by Crippen LogP contribution is -2.00. The highest BCUT2D eigenvalue weighted by Gasteiger charge is 2.56. The van der Waals surface area contributed by atoms with Gasteiger partial charge in [0.05, 0.1) is 0 Å². The van der Waals surface area contributed by atoms with Crippen LogP contribution in [0.4, 0.5) is 8.78 Å². The van der Waals surface area contributed by atoms with Gasteiger partial charge in [-0.05, 0) is 25.0 Å². The summed E-state index contributed by atoms with van der Waals surface area (Å²) in [7, 11) is 0. The molecular weight excluding hydrogens is 194 g/mol. The molecule has 3 atom stereocenters. The van der Waals surface area contributed by atoms with Gasteiger partial charge in [0.2, 0.25) is 0 Å². The zero-order chi connectivity index (χ0) is 10.7. The SMILES string of the molecule is CC1=C(F)c2ccc(C)cc2[C@@H]2C(F)C12. The molecule has 2 aliphatic carbocycles. The van der Waals surface area contributed by atoms with E-state index < -0.39 is 6.17 Å². The van der Waals surface area contributed by atoms with Gasteiger partial charge in [0.1, 0.15) is 12.0 Å². The average Bonchev–Trinajstić information content (AvgIpc) is 2.87. The van der Waals surface area contributed by atoms with Gasteiger partial charge in [-0.25, -0.2) is 8.78 Å². The van der Waals surface area contributed by atoms with Gasteiger partial charge in [-0.1, -0.05) is 23.8 Å². The summed E-state index contributed by atoms with van der Waals surface area (Å²) >= 11 is 0. The van der Waals surface area contributed by atoms with Crippen molar-refractivity contribution in [3.05, 3.63) is 40.5 Å². The maximum absolute atomic E-state index is 13.9. The third kappa shape index (κ3) is 1.05. The maximum atomic E-state index is 13.9. The molecule has 2 unspecified atom stereocenters. The Morgan fingerprint density at radius 1 is 1.13 bits per heavy atom. The smallest absolute Gasteiger partial charge is 0.130 e. The van der Waals surface area contributed by atoms with Crippen LogP contribution in [-0.2, 0) is 0 Å². The predicted octanol–water partition coefficient (Wildman–Crippen LogP) is 3.76. The minimum Gasteiger partial charge on any atom is -0.246 e. The van der Waals surface area contributed by atoms with Crippen LogP contribution in [0.5, 0.6) is 0 Å². The molecule has 1 aromatic carbocycles. The molecule has 2 aliphatic rings. The first-order chi connectivity index (χ1) is 7.11. The summed E-state index contributed by atoms with van der Waals surface area (Å²) in [6.45, 7) is 3.66. The van der Waals surface area contributed by atoms with Crippen molar-refractivity contribution in [2.24, 2.45) is 5.92 Å². The molecule has 0 spiro atoms. The van der Waals surface area contributed by atoms with Crippen LogP contribution in [0.2, 0.25) is 0 Å². The lowest BCUT2D eigenvalue weighted by Gasteiger charge is -2.15. The largest absolute Gasteiger partial charge is 0.246 e. The van der Waals surface area contributed by atoms with Crippen LogP contribution >= 0.6 is 0 Å². The summed E-state index contributed by atoms with van der Waals surface area (Å²) in [5, 5.41) is 0. The number of halogens is 2. The van der Waals surface area contributed by atoms with Gasteiger partial charge >= 0.3 is 0 Å². The van der Waals surface area contributed by atoms with Crippen LogP contribution in [-0.4, -0.2) is 6.17 Å². The highest BCUT2D eigenvalue weighted by molar-refractivity contribution is 5.72. The third-order valence-electron chi connectivity index (χ3n) is 3.58. The van der Waals surface area contributed by atoms with Gasteiger partial charge < -0.3 is 0 Å². The zero-order valence-corrected chi connectivity index (χ0v) is 8.72. The Labute approximate surface area is 87.6 Å². The second-order valence-corrected chi connectivity index (χ2v) is 4.58. The summed E-state index contributed by atoms with van der Waals surface area (Å²) in [4.78, 5) is 0. The third-order valence-corrected chi connectivity index (χ3v) is 3.58. The second-order valence-electron chi connectivity index (χ2n) is 4.58. The number of hydrogen-bond acceptors (Lipinski definition) is 0. The summed E-state index contributed by atoms with van der Waals surface area (Å²) in [6.07, 6.45) is -0.876. The topological polar surface area (TPSA) is 0 Å². The van der Waals surface area contributed by atoms with Crippen molar-refractivity contribution in [2.45, 2.75) is 25.9 Å². The molecule has 1 aromatic rings. The molecular formula is C13H12F2. The minimum atomic E-state index is -0.876. The number of aryl methyl sites for hydroxylation is 1. The van der Waals surface area contributed by atoms with Crippen LogP contribution in [0.3, 0.4) is 0 Å². The molecule has 15 heavy (non-hydrogen) atoms. The van der Waals surface area contributed by atoms with Gasteiger partial charge in [-0.15, -0.1) is 0 Å². The Kier molecular flexibility index (Phi) is 1.63. The lowest BCUT2D eigenvalue weighted by atomic mass is 9.91. The van der Waals surface area contributed by atoms with E-state index in [1.54, 1.807) is 13.0 Å². The minimum absolute atomic E-state index is 0.0839. The van der Waals surface area contributed by atoms with Gasteiger partial charge in [-0.3, -0.25) is 0 Å². The van der Waals surface area contributed by atoms with Crippen LogP contribution in [0.25, 0.3) is 5.83 Å². The molecule has 0 amide bonds.